The fourth-order valence-corrected chi connectivity index (χ4v) is 5.06. The van der Waals surface area contributed by atoms with E-state index in [4.69, 9.17) is 43.1 Å². The smallest absolute Gasteiger partial charge is 0.413 e. The van der Waals surface area contributed by atoms with Crippen molar-refractivity contribution < 1.29 is 54.6 Å². The maximum atomic E-state index is 12.3. The van der Waals surface area contributed by atoms with Crippen molar-refractivity contribution in [2.24, 2.45) is 5.84 Å². The Hall–Kier alpha value is -7.27. The minimum absolute atomic E-state index is 0.0372. The van der Waals surface area contributed by atoms with Crippen LogP contribution in [0, 0.1) is 13.8 Å². The van der Waals surface area contributed by atoms with Gasteiger partial charge >= 0.3 is 24.8 Å². The van der Waals surface area contributed by atoms with E-state index in [1.807, 2.05) is 17.6 Å². The second-order valence-electron chi connectivity index (χ2n) is 11.7. The molecule has 0 bridgehead atoms. The number of pyridine rings is 2. The molecular weight excluding hydrogens is 881 g/mol. The summed E-state index contributed by atoms with van der Waals surface area (Å²) in [5.41, 5.74) is 4.22. The highest BCUT2D eigenvalue weighted by Gasteiger charge is 2.31. The highest BCUT2D eigenvalue weighted by Crippen LogP contribution is 2.27. The van der Waals surface area contributed by atoms with Crippen molar-refractivity contribution >= 4 is 35.3 Å². The number of carbonyl (C=O) groups excluding carboxylic acids is 3. The number of rotatable bonds is 9. The summed E-state index contributed by atoms with van der Waals surface area (Å²) in [6.45, 7) is 4.40. The molecule has 0 spiro atoms. The van der Waals surface area contributed by atoms with Gasteiger partial charge < -0.3 is 13.9 Å². The topological polar surface area (TPSA) is 234 Å². The molecule has 324 valence electrons. The second kappa shape index (κ2) is 21.8. The Morgan fingerprint density at radius 2 is 1.23 bits per heavy atom. The first-order chi connectivity index (χ1) is 29.4. The van der Waals surface area contributed by atoms with Gasteiger partial charge in [0.05, 0.1) is 13.1 Å². The SMILES string of the molecule is Cc1nc(-c2nnc(-c3ccc(OC(F)(F)F)cc3)o2)nn1Cc1ccnc(Cl)c1.Cc1nc(C(=O)NN)nn1Cc1ccnc(Cl)c1.FC(F)(F)Oc1ccccc1.O=C=O. The van der Waals surface area contributed by atoms with Crippen LogP contribution in [-0.2, 0) is 22.7 Å². The van der Waals surface area contributed by atoms with Gasteiger partial charge in [0.1, 0.15) is 33.5 Å². The number of aromatic nitrogens is 10. The van der Waals surface area contributed by atoms with Crippen LogP contribution in [0.4, 0.5) is 26.3 Å². The van der Waals surface area contributed by atoms with Crippen LogP contribution in [-0.4, -0.2) is 74.5 Å². The molecular formula is C36H28Cl2F6N12O6. The Labute approximate surface area is 354 Å². The summed E-state index contributed by atoms with van der Waals surface area (Å²) in [5.74, 6) is 5.64. The molecule has 2 aromatic carbocycles. The molecule has 5 heterocycles. The molecule has 62 heavy (non-hydrogen) atoms. The number of amides is 1. The van der Waals surface area contributed by atoms with E-state index in [0.717, 1.165) is 23.3 Å². The fourth-order valence-electron chi connectivity index (χ4n) is 4.67. The van der Waals surface area contributed by atoms with E-state index >= 15 is 0 Å². The number of nitrogens with zero attached hydrogens (tertiary/aromatic N) is 10. The van der Waals surface area contributed by atoms with Crippen molar-refractivity contribution in [1.29, 1.82) is 0 Å². The maximum Gasteiger partial charge on any atom is 0.573 e. The van der Waals surface area contributed by atoms with E-state index in [-0.39, 0.29) is 41.1 Å². The zero-order chi connectivity index (χ0) is 45.5. The van der Waals surface area contributed by atoms with Crippen molar-refractivity contribution in [3.05, 3.63) is 130 Å². The number of alkyl halides is 6. The highest BCUT2D eigenvalue weighted by atomic mass is 35.5. The van der Waals surface area contributed by atoms with E-state index in [0.29, 0.717) is 40.6 Å². The summed E-state index contributed by atoms with van der Waals surface area (Å²) in [6, 6.07) is 19.2. The van der Waals surface area contributed by atoms with Crippen LogP contribution >= 0.6 is 23.2 Å². The molecule has 3 N–H and O–H groups in total. The first-order valence-electron chi connectivity index (χ1n) is 16.9. The number of halogens is 8. The number of carbonyl (C=O) groups is 1. The zero-order valence-corrected chi connectivity index (χ0v) is 33.1. The van der Waals surface area contributed by atoms with Gasteiger partial charge in [-0.25, -0.2) is 35.1 Å². The van der Waals surface area contributed by atoms with Crippen LogP contribution < -0.4 is 20.7 Å². The number of hydrogen-bond acceptors (Lipinski definition) is 15. The van der Waals surface area contributed by atoms with Crippen molar-refractivity contribution in [1.82, 2.24) is 55.1 Å². The quantitative estimate of drug-likeness (QED) is 0.0511. The Balaban J connectivity index is 0.000000223. The van der Waals surface area contributed by atoms with Crippen molar-refractivity contribution in [2.75, 3.05) is 0 Å². The average Bonchev–Trinajstić information content (AvgIpc) is 3.94. The Morgan fingerprint density at radius 3 is 1.73 bits per heavy atom. The van der Waals surface area contributed by atoms with Gasteiger partial charge in [-0.15, -0.1) is 46.7 Å². The Kier molecular flexibility index (Phi) is 16.7. The summed E-state index contributed by atoms with van der Waals surface area (Å²) in [6.07, 6.45) is -5.90. The van der Waals surface area contributed by atoms with E-state index in [1.165, 1.54) is 36.4 Å². The Morgan fingerprint density at radius 1 is 0.742 bits per heavy atom. The summed E-state index contributed by atoms with van der Waals surface area (Å²) in [4.78, 5) is 43.7. The molecule has 1 amide bonds. The molecule has 0 aliphatic rings. The lowest BCUT2D eigenvalue weighted by atomic mass is 10.2. The van der Waals surface area contributed by atoms with Gasteiger partial charge in [-0.3, -0.25) is 10.2 Å². The predicted octanol–water partition coefficient (Wildman–Crippen LogP) is 6.59. The predicted molar refractivity (Wildman–Crippen MR) is 201 cm³/mol. The van der Waals surface area contributed by atoms with E-state index in [1.54, 1.807) is 53.8 Å². The van der Waals surface area contributed by atoms with E-state index < -0.39 is 18.6 Å². The molecule has 0 atom stereocenters. The van der Waals surface area contributed by atoms with Gasteiger partial charge in [0.2, 0.25) is 17.5 Å². The summed E-state index contributed by atoms with van der Waals surface area (Å²) >= 11 is 11.7. The zero-order valence-electron chi connectivity index (χ0n) is 31.6. The van der Waals surface area contributed by atoms with Gasteiger partial charge in [0, 0.05) is 18.0 Å². The third-order valence-electron chi connectivity index (χ3n) is 7.22. The van der Waals surface area contributed by atoms with Crippen LogP contribution in [0.25, 0.3) is 23.2 Å². The lowest BCUT2D eigenvalue weighted by molar-refractivity contribution is -0.275. The number of hydrogen-bond donors (Lipinski definition) is 2. The summed E-state index contributed by atoms with van der Waals surface area (Å²) in [5, 5.41) is 17.0. The molecule has 0 aliphatic carbocycles. The first-order valence-corrected chi connectivity index (χ1v) is 17.7. The van der Waals surface area contributed by atoms with Gasteiger partial charge in [-0.2, -0.15) is 9.59 Å². The number of aryl methyl sites for hydroxylation is 2. The van der Waals surface area contributed by atoms with Crippen LogP contribution in [0.3, 0.4) is 0 Å². The van der Waals surface area contributed by atoms with Gasteiger partial charge in [-0.05, 0) is 85.6 Å². The largest absolute Gasteiger partial charge is 0.573 e. The maximum absolute atomic E-state index is 12.3. The van der Waals surface area contributed by atoms with Crippen LogP contribution in [0.5, 0.6) is 11.5 Å². The number of nitrogen functional groups attached to an aromatic ring is 1. The van der Waals surface area contributed by atoms with E-state index in [9.17, 15) is 31.1 Å². The third kappa shape index (κ3) is 15.4. The molecule has 0 fully saturated rings. The molecule has 0 saturated carbocycles. The summed E-state index contributed by atoms with van der Waals surface area (Å²) < 4.78 is 87.6. The van der Waals surface area contributed by atoms with Gasteiger partial charge in [0.15, 0.2) is 0 Å². The van der Waals surface area contributed by atoms with Crippen LogP contribution in [0.2, 0.25) is 10.3 Å². The highest BCUT2D eigenvalue weighted by molar-refractivity contribution is 6.29. The average molecular weight is 910 g/mol. The minimum Gasteiger partial charge on any atom is -0.413 e. The lowest BCUT2D eigenvalue weighted by Crippen LogP contribution is -2.31. The molecule has 7 rings (SSSR count). The number of ether oxygens (including phenoxy) is 2. The third-order valence-corrected chi connectivity index (χ3v) is 7.64. The molecule has 5 aromatic heterocycles. The van der Waals surface area contributed by atoms with Crippen molar-refractivity contribution in [3.8, 4) is 34.7 Å². The molecule has 0 unspecified atom stereocenters. The second-order valence-corrected chi connectivity index (χ2v) is 12.4. The molecule has 0 radical (unpaired) electrons. The Bertz CT molecular complexity index is 2570. The van der Waals surface area contributed by atoms with Crippen molar-refractivity contribution in [3.63, 3.8) is 0 Å². The monoisotopic (exact) mass is 908 g/mol. The van der Waals surface area contributed by atoms with Crippen LogP contribution in [0.15, 0.2) is 95.7 Å². The van der Waals surface area contributed by atoms with Gasteiger partial charge in [-0.1, -0.05) is 41.4 Å². The number of nitrogens with one attached hydrogen (secondary N) is 1. The standard InChI is InChI=1S/C18H12ClF3N6O2.C10H11ClN6O.C7H5F3O.CO2/c1-10-24-15(27-28(10)9-11-6-7-23-14(19)8-11)17-26-25-16(29-17)12-2-4-13(5-3-12)30-18(20,21)22;1-6-14-9(10(18)15-12)16-17(6)5-7-2-3-13-8(11)4-7;8-7(9,10)11-6-4-2-1-3-5-6;2-1-3/h2-8H,9H2,1H3;2-4H,5,12H2,1H3,(H,15,18);1-5H;. The number of para-hydroxylation sites is 1. The number of hydrazine groups is 1. The minimum atomic E-state index is -4.76. The first kappa shape index (κ1) is 47.4. The molecule has 0 saturated heterocycles. The number of benzene rings is 2. The molecule has 18 nitrogen and oxygen atoms in total. The number of nitrogens with two attached hydrogens (primary N) is 1. The van der Waals surface area contributed by atoms with Gasteiger partial charge in [0.25, 0.3) is 5.89 Å². The summed E-state index contributed by atoms with van der Waals surface area (Å²) in [7, 11) is 0. The molecule has 26 heteroatoms. The van der Waals surface area contributed by atoms with Crippen molar-refractivity contribution in [2.45, 2.75) is 39.7 Å². The van der Waals surface area contributed by atoms with Crippen LogP contribution in [0.1, 0.15) is 33.4 Å². The van der Waals surface area contributed by atoms with E-state index in [2.05, 4.69) is 49.8 Å². The fraction of sp³-hybridized carbons (Fsp3) is 0.167. The normalized spacial score (nSPS) is 10.8. The lowest BCUT2D eigenvalue weighted by Gasteiger charge is -2.08. The molecule has 7 aromatic rings. The molecule has 0 aliphatic heterocycles.